The van der Waals surface area contributed by atoms with Gasteiger partial charge in [-0.05, 0) is 26.7 Å². The number of amides is 1. The van der Waals surface area contributed by atoms with Crippen LogP contribution >= 0.6 is 0 Å². The van der Waals surface area contributed by atoms with Gasteiger partial charge in [-0.1, -0.05) is 25.7 Å². The molecule has 0 aromatic carbocycles. The van der Waals surface area contributed by atoms with Crippen LogP contribution in [0.15, 0.2) is 0 Å². The first-order valence-electron chi connectivity index (χ1n) is 6.79. The summed E-state index contributed by atoms with van der Waals surface area (Å²) in [6, 6.07) is 2.68. The first kappa shape index (κ1) is 12.4. The van der Waals surface area contributed by atoms with E-state index in [4.69, 9.17) is 5.26 Å². The van der Waals surface area contributed by atoms with Crippen molar-refractivity contribution in [2.45, 2.75) is 70.4 Å². The third-order valence-corrected chi connectivity index (χ3v) is 4.47. The van der Waals surface area contributed by atoms with Gasteiger partial charge >= 0.3 is 0 Å². The molecule has 1 aliphatic heterocycles. The maximum atomic E-state index is 12.1. The molecule has 1 saturated carbocycles. The molecule has 1 atom stereocenters. The Kier molecular flexibility index (Phi) is 3.42. The standard InChI is InChI=1S/C14H22N2O/c1-14(2)11(10-15)9-13(17)16(14)12-7-5-3-4-6-8-12/h11-12H,3-9H2,1-2H3. The average Bonchev–Trinajstić information content (AvgIpc) is 2.50. The summed E-state index contributed by atoms with van der Waals surface area (Å²) in [6.45, 7) is 4.10. The predicted octanol–water partition coefficient (Wildman–Crippen LogP) is 2.86. The molecule has 1 heterocycles. The fourth-order valence-electron chi connectivity index (χ4n) is 3.41. The molecule has 2 rings (SSSR count). The largest absolute Gasteiger partial charge is 0.333 e. The van der Waals surface area contributed by atoms with E-state index in [9.17, 15) is 4.79 Å². The second-order valence-corrected chi connectivity index (χ2v) is 5.95. The Bertz CT molecular complexity index is 335. The van der Waals surface area contributed by atoms with Gasteiger partial charge in [0.2, 0.25) is 5.91 Å². The maximum absolute atomic E-state index is 12.1. The lowest BCUT2D eigenvalue weighted by atomic mass is 9.88. The van der Waals surface area contributed by atoms with Crippen molar-refractivity contribution >= 4 is 5.91 Å². The zero-order valence-electron chi connectivity index (χ0n) is 10.9. The van der Waals surface area contributed by atoms with Crippen LogP contribution in [-0.4, -0.2) is 22.4 Å². The van der Waals surface area contributed by atoms with Gasteiger partial charge in [0.25, 0.3) is 0 Å². The Hall–Kier alpha value is -1.04. The quantitative estimate of drug-likeness (QED) is 0.655. The van der Waals surface area contributed by atoms with Crippen LogP contribution in [0.2, 0.25) is 0 Å². The lowest BCUT2D eigenvalue weighted by Gasteiger charge is -2.39. The van der Waals surface area contributed by atoms with Crippen molar-refractivity contribution in [3.63, 3.8) is 0 Å². The van der Waals surface area contributed by atoms with Gasteiger partial charge in [0.05, 0.1) is 17.5 Å². The molecule has 0 bridgehead atoms. The van der Waals surface area contributed by atoms with E-state index in [0.717, 1.165) is 12.8 Å². The summed E-state index contributed by atoms with van der Waals surface area (Å²) in [5.74, 6) is 0.0479. The molecule has 3 nitrogen and oxygen atoms in total. The fourth-order valence-corrected chi connectivity index (χ4v) is 3.41. The number of nitrogens with zero attached hydrogens (tertiary/aromatic N) is 2. The molecule has 0 radical (unpaired) electrons. The predicted molar refractivity (Wildman–Crippen MR) is 66.1 cm³/mol. The van der Waals surface area contributed by atoms with E-state index in [1.165, 1.54) is 25.7 Å². The first-order valence-corrected chi connectivity index (χ1v) is 6.79. The van der Waals surface area contributed by atoms with E-state index in [1.54, 1.807) is 0 Å². The second-order valence-electron chi connectivity index (χ2n) is 5.95. The van der Waals surface area contributed by atoms with Gasteiger partial charge in [-0.15, -0.1) is 0 Å². The number of hydrogen-bond acceptors (Lipinski definition) is 2. The Morgan fingerprint density at radius 2 is 1.82 bits per heavy atom. The molecular weight excluding hydrogens is 212 g/mol. The highest BCUT2D eigenvalue weighted by Crippen LogP contribution is 2.39. The van der Waals surface area contributed by atoms with Crippen LogP contribution in [0.3, 0.4) is 0 Å². The van der Waals surface area contributed by atoms with Crippen molar-refractivity contribution in [1.82, 2.24) is 4.90 Å². The van der Waals surface area contributed by atoms with E-state index < -0.39 is 0 Å². The van der Waals surface area contributed by atoms with E-state index in [-0.39, 0.29) is 17.4 Å². The van der Waals surface area contributed by atoms with Gasteiger partial charge in [-0.3, -0.25) is 4.79 Å². The third-order valence-electron chi connectivity index (χ3n) is 4.47. The molecule has 0 N–H and O–H groups in total. The topological polar surface area (TPSA) is 44.1 Å². The van der Waals surface area contributed by atoms with Gasteiger partial charge in [-0.2, -0.15) is 5.26 Å². The van der Waals surface area contributed by atoms with Gasteiger partial charge < -0.3 is 4.90 Å². The van der Waals surface area contributed by atoms with Crippen LogP contribution in [0.1, 0.15) is 58.8 Å². The van der Waals surface area contributed by atoms with Crippen molar-refractivity contribution in [2.24, 2.45) is 5.92 Å². The normalized spacial score (nSPS) is 30.1. The summed E-state index contributed by atoms with van der Waals surface area (Å²) in [6.07, 6.45) is 7.69. The number of likely N-dealkylation sites (tertiary alicyclic amines) is 1. The van der Waals surface area contributed by atoms with Crippen molar-refractivity contribution in [3.8, 4) is 6.07 Å². The summed E-state index contributed by atoms with van der Waals surface area (Å²) in [5.41, 5.74) is -0.277. The van der Waals surface area contributed by atoms with Crippen LogP contribution in [0.5, 0.6) is 0 Å². The van der Waals surface area contributed by atoms with Crippen LogP contribution in [-0.2, 0) is 4.79 Å². The van der Waals surface area contributed by atoms with Gasteiger partial charge in [-0.25, -0.2) is 0 Å². The minimum absolute atomic E-state index is 0.141. The smallest absolute Gasteiger partial charge is 0.224 e. The SMILES string of the molecule is CC1(C)C(C#N)CC(=O)N1C1CCCCCC1. The first-order chi connectivity index (χ1) is 8.07. The molecule has 94 valence electrons. The molecule has 1 unspecified atom stereocenters. The molecule has 1 saturated heterocycles. The Morgan fingerprint density at radius 1 is 1.24 bits per heavy atom. The van der Waals surface area contributed by atoms with E-state index in [2.05, 4.69) is 19.9 Å². The second kappa shape index (κ2) is 4.68. The van der Waals surface area contributed by atoms with Crippen LogP contribution in [0, 0.1) is 17.2 Å². The number of rotatable bonds is 1. The molecule has 3 heteroatoms. The Labute approximate surface area is 104 Å². The zero-order chi connectivity index (χ0) is 12.5. The van der Waals surface area contributed by atoms with Gasteiger partial charge in [0.1, 0.15) is 0 Å². The van der Waals surface area contributed by atoms with E-state index in [1.807, 2.05) is 4.90 Å². The number of hydrogen-bond donors (Lipinski definition) is 0. The molecule has 17 heavy (non-hydrogen) atoms. The molecule has 2 aliphatic rings. The van der Waals surface area contributed by atoms with Crippen molar-refractivity contribution in [2.75, 3.05) is 0 Å². The lowest BCUT2D eigenvalue weighted by molar-refractivity contribution is -0.133. The highest BCUT2D eigenvalue weighted by molar-refractivity contribution is 5.81. The monoisotopic (exact) mass is 234 g/mol. The van der Waals surface area contributed by atoms with Crippen LogP contribution < -0.4 is 0 Å². The zero-order valence-corrected chi connectivity index (χ0v) is 10.9. The number of carbonyl (C=O) groups excluding carboxylic acids is 1. The summed E-state index contributed by atoms with van der Waals surface area (Å²) in [5, 5.41) is 9.16. The number of nitriles is 1. The van der Waals surface area contributed by atoms with Gasteiger partial charge in [0.15, 0.2) is 0 Å². The number of carbonyl (C=O) groups is 1. The summed E-state index contributed by atoms with van der Waals surface area (Å²) < 4.78 is 0. The highest BCUT2D eigenvalue weighted by atomic mass is 16.2. The summed E-state index contributed by atoms with van der Waals surface area (Å²) in [7, 11) is 0. The summed E-state index contributed by atoms with van der Waals surface area (Å²) in [4.78, 5) is 14.2. The van der Waals surface area contributed by atoms with E-state index >= 15 is 0 Å². The van der Waals surface area contributed by atoms with Gasteiger partial charge in [0, 0.05) is 12.5 Å². The molecular formula is C14H22N2O. The molecule has 2 fully saturated rings. The lowest BCUT2D eigenvalue weighted by Crippen LogP contribution is -2.49. The van der Waals surface area contributed by atoms with Crippen molar-refractivity contribution in [3.05, 3.63) is 0 Å². The fraction of sp³-hybridized carbons (Fsp3) is 0.857. The maximum Gasteiger partial charge on any atom is 0.224 e. The minimum atomic E-state index is -0.277. The summed E-state index contributed by atoms with van der Waals surface area (Å²) >= 11 is 0. The van der Waals surface area contributed by atoms with Crippen molar-refractivity contribution in [1.29, 1.82) is 5.26 Å². The molecule has 1 aliphatic carbocycles. The molecule has 0 spiro atoms. The minimum Gasteiger partial charge on any atom is -0.333 e. The van der Waals surface area contributed by atoms with Crippen molar-refractivity contribution < 1.29 is 4.79 Å². The molecule has 0 aromatic heterocycles. The molecule has 1 amide bonds. The average molecular weight is 234 g/mol. The Balaban J connectivity index is 2.18. The highest BCUT2D eigenvalue weighted by Gasteiger charge is 2.48. The third kappa shape index (κ3) is 2.18. The van der Waals surface area contributed by atoms with E-state index in [0.29, 0.717) is 12.5 Å². The Morgan fingerprint density at radius 3 is 2.29 bits per heavy atom. The molecule has 0 aromatic rings. The van der Waals surface area contributed by atoms with Crippen LogP contribution in [0.25, 0.3) is 0 Å². The van der Waals surface area contributed by atoms with Crippen LogP contribution in [0.4, 0.5) is 0 Å².